The van der Waals surface area contributed by atoms with Gasteiger partial charge in [-0.25, -0.2) is 0 Å². The van der Waals surface area contributed by atoms with E-state index in [9.17, 15) is 4.79 Å². The molecule has 28 heavy (non-hydrogen) atoms. The molecule has 0 aliphatic carbocycles. The molecule has 0 saturated carbocycles. The van der Waals surface area contributed by atoms with Crippen LogP contribution in [0, 0.1) is 0 Å². The molecule has 0 saturated heterocycles. The predicted octanol–water partition coefficient (Wildman–Crippen LogP) is 4.68. The molecule has 0 fully saturated rings. The van der Waals surface area contributed by atoms with Crippen LogP contribution in [0.15, 0.2) is 47.5 Å². The van der Waals surface area contributed by atoms with Crippen LogP contribution in [0.1, 0.15) is 18.9 Å². The number of nitrogens with zero attached hydrogens (tertiary/aromatic N) is 2. The second kappa shape index (κ2) is 8.20. The number of hydrogen-bond acceptors (Lipinski definition) is 4. The molecule has 7 heteroatoms. The van der Waals surface area contributed by atoms with Crippen molar-refractivity contribution in [2.75, 3.05) is 13.2 Å². The Labute approximate surface area is 171 Å². The van der Waals surface area contributed by atoms with E-state index in [4.69, 9.17) is 21.1 Å². The number of aromatic nitrogens is 1. The zero-order chi connectivity index (χ0) is 19.5. The van der Waals surface area contributed by atoms with E-state index in [1.165, 1.54) is 17.4 Å². The molecular formula is C21H19ClN2O3S. The van der Waals surface area contributed by atoms with Gasteiger partial charge in [0.25, 0.3) is 5.91 Å². The fourth-order valence-corrected chi connectivity index (χ4v) is 4.30. The third-order valence-corrected chi connectivity index (χ3v) is 5.70. The second-order valence-corrected chi connectivity index (χ2v) is 7.72. The number of carbonyl (C=O) groups excluding carboxylic acids is 1. The second-order valence-electron chi connectivity index (χ2n) is 6.30. The summed E-state index contributed by atoms with van der Waals surface area (Å²) in [4.78, 5) is 17.4. The average molecular weight is 415 g/mol. The van der Waals surface area contributed by atoms with Gasteiger partial charge in [0.05, 0.1) is 10.2 Å². The van der Waals surface area contributed by atoms with Crippen LogP contribution in [-0.2, 0) is 11.3 Å². The third-order valence-electron chi connectivity index (χ3n) is 4.31. The molecule has 1 aromatic heterocycles. The van der Waals surface area contributed by atoms with Crippen LogP contribution in [0.2, 0.25) is 5.02 Å². The van der Waals surface area contributed by atoms with Gasteiger partial charge in [-0.05, 0) is 24.1 Å². The SMILES string of the molecule is CCCn1c(=NC(=O)/C=C/c2ccccc2Cl)sc2cc3c(cc21)OCCO3. The molecule has 2 aromatic carbocycles. The summed E-state index contributed by atoms with van der Waals surface area (Å²) >= 11 is 7.60. The predicted molar refractivity (Wildman–Crippen MR) is 112 cm³/mol. The Morgan fingerprint density at radius 3 is 2.75 bits per heavy atom. The molecule has 3 aromatic rings. The Balaban J connectivity index is 1.73. The van der Waals surface area contributed by atoms with Crippen molar-refractivity contribution in [1.29, 1.82) is 0 Å². The van der Waals surface area contributed by atoms with E-state index in [-0.39, 0.29) is 5.91 Å². The summed E-state index contributed by atoms with van der Waals surface area (Å²) in [7, 11) is 0. The van der Waals surface area contributed by atoms with Crippen molar-refractivity contribution in [3.05, 3.63) is 57.9 Å². The summed E-state index contributed by atoms with van der Waals surface area (Å²) in [5.41, 5.74) is 1.78. The van der Waals surface area contributed by atoms with Crippen LogP contribution in [0.3, 0.4) is 0 Å². The van der Waals surface area contributed by atoms with E-state index in [2.05, 4.69) is 16.5 Å². The van der Waals surface area contributed by atoms with Gasteiger partial charge in [-0.15, -0.1) is 0 Å². The lowest BCUT2D eigenvalue weighted by Crippen LogP contribution is -2.17. The number of thiazole rings is 1. The molecule has 5 nitrogen and oxygen atoms in total. The van der Waals surface area contributed by atoms with Crippen molar-refractivity contribution in [2.45, 2.75) is 19.9 Å². The molecular weight excluding hydrogens is 396 g/mol. The lowest BCUT2D eigenvalue weighted by atomic mass is 10.2. The molecule has 144 valence electrons. The summed E-state index contributed by atoms with van der Waals surface area (Å²) in [5.74, 6) is 1.15. The highest BCUT2D eigenvalue weighted by atomic mass is 35.5. The van der Waals surface area contributed by atoms with Gasteiger partial charge in [-0.3, -0.25) is 4.79 Å². The Bertz CT molecular complexity index is 1130. The number of fused-ring (bicyclic) bond motifs is 2. The van der Waals surface area contributed by atoms with Crippen LogP contribution in [0.5, 0.6) is 11.5 Å². The first kappa shape index (κ1) is 18.8. The van der Waals surface area contributed by atoms with Gasteiger partial charge < -0.3 is 14.0 Å². The van der Waals surface area contributed by atoms with Gasteiger partial charge >= 0.3 is 0 Å². The molecule has 0 atom stereocenters. The molecule has 0 radical (unpaired) electrons. The van der Waals surface area contributed by atoms with Crippen molar-refractivity contribution in [3.8, 4) is 11.5 Å². The van der Waals surface area contributed by atoms with Crippen molar-refractivity contribution < 1.29 is 14.3 Å². The molecule has 1 aliphatic heterocycles. The Morgan fingerprint density at radius 2 is 2.00 bits per heavy atom. The minimum Gasteiger partial charge on any atom is -0.486 e. The first-order chi connectivity index (χ1) is 13.7. The lowest BCUT2D eigenvalue weighted by molar-refractivity contribution is -0.113. The quantitative estimate of drug-likeness (QED) is 0.582. The van der Waals surface area contributed by atoms with Crippen molar-refractivity contribution in [1.82, 2.24) is 4.57 Å². The van der Waals surface area contributed by atoms with Crippen LogP contribution in [-0.4, -0.2) is 23.7 Å². The van der Waals surface area contributed by atoms with Crippen LogP contribution in [0.25, 0.3) is 16.3 Å². The van der Waals surface area contributed by atoms with Crippen LogP contribution < -0.4 is 14.3 Å². The van der Waals surface area contributed by atoms with E-state index in [0.717, 1.165) is 40.2 Å². The first-order valence-electron chi connectivity index (χ1n) is 9.10. The molecule has 1 aliphatic rings. The summed E-state index contributed by atoms with van der Waals surface area (Å²) in [6, 6.07) is 11.3. The number of amides is 1. The molecule has 0 N–H and O–H groups in total. The standard InChI is InChI=1S/C21H19ClN2O3S/c1-2-9-24-16-12-17-18(27-11-10-26-17)13-19(16)28-21(24)23-20(25)8-7-14-5-3-4-6-15(14)22/h3-8,12-13H,2,9-11H2,1H3/b8-7+,23-21?. The lowest BCUT2D eigenvalue weighted by Gasteiger charge is -2.18. The van der Waals surface area contributed by atoms with Crippen molar-refractivity contribution >= 4 is 45.1 Å². The van der Waals surface area contributed by atoms with Crippen LogP contribution in [0.4, 0.5) is 0 Å². The monoisotopic (exact) mass is 414 g/mol. The number of ether oxygens (including phenoxy) is 2. The normalized spacial score (nSPS) is 14.1. The molecule has 0 spiro atoms. The minimum absolute atomic E-state index is 0.325. The number of aryl methyl sites for hydroxylation is 1. The summed E-state index contributed by atoms with van der Waals surface area (Å²) in [5, 5.41) is 0.597. The van der Waals surface area contributed by atoms with Crippen molar-refractivity contribution in [2.24, 2.45) is 4.99 Å². The highest BCUT2D eigenvalue weighted by Gasteiger charge is 2.16. The fourth-order valence-electron chi connectivity index (χ4n) is 3.03. The van der Waals surface area contributed by atoms with Gasteiger partial charge in [0.2, 0.25) is 0 Å². The Hall–Kier alpha value is -2.57. The largest absolute Gasteiger partial charge is 0.486 e. The van der Waals surface area contributed by atoms with E-state index in [0.29, 0.717) is 23.0 Å². The Morgan fingerprint density at radius 1 is 1.25 bits per heavy atom. The van der Waals surface area contributed by atoms with Gasteiger partial charge in [0.15, 0.2) is 16.3 Å². The maximum absolute atomic E-state index is 12.4. The Kier molecular flexibility index (Phi) is 5.50. The van der Waals surface area contributed by atoms with E-state index >= 15 is 0 Å². The number of halogens is 1. The molecule has 0 bridgehead atoms. The van der Waals surface area contributed by atoms with E-state index < -0.39 is 0 Å². The molecule has 2 heterocycles. The van der Waals surface area contributed by atoms with Gasteiger partial charge in [0, 0.05) is 29.8 Å². The topological polar surface area (TPSA) is 52.8 Å². The number of hydrogen-bond donors (Lipinski definition) is 0. The van der Waals surface area contributed by atoms with Crippen molar-refractivity contribution in [3.63, 3.8) is 0 Å². The maximum atomic E-state index is 12.4. The highest BCUT2D eigenvalue weighted by molar-refractivity contribution is 7.16. The molecule has 1 amide bonds. The molecule has 0 unspecified atom stereocenters. The molecule has 4 rings (SSSR count). The van der Waals surface area contributed by atoms with Gasteiger partial charge in [-0.1, -0.05) is 48.1 Å². The minimum atomic E-state index is -0.325. The maximum Gasteiger partial charge on any atom is 0.272 e. The van der Waals surface area contributed by atoms with E-state index in [1.54, 1.807) is 12.1 Å². The first-order valence-corrected chi connectivity index (χ1v) is 10.3. The highest BCUT2D eigenvalue weighted by Crippen LogP contribution is 2.35. The zero-order valence-corrected chi connectivity index (χ0v) is 16.9. The van der Waals surface area contributed by atoms with E-state index in [1.807, 2.05) is 30.3 Å². The third kappa shape index (κ3) is 3.84. The van der Waals surface area contributed by atoms with Gasteiger partial charge in [0.1, 0.15) is 13.2 Å². The summed E-state index contributed by atoms with van der Waals surface area (Å²) in [6.07, 6.45) is 4.06. The fraction of sp³-hybridized carbons (Fsp3) is 0.238. The number of rotatable bonds is 4. The number of benzene rings is 2. The smallest absolute Gasteiger partial charge is 0.272 e. The average Bonchev–Trinajstić information content (AvgIpc) is 3.02. The zero-order valence-electron chi connectivity index (χ0n) is 15.4. The summed E-state index contributed by atoms with van der Waals surface area (Å²) in [6.45, 7) is 3.94. The van der Waals surface area contributed by atoms with Crippen LogP contribution >= 0.6 is 22.9 Å². The number of carbonyl (C=O) groups is 1. The summed E-state index contributed by atoms with van der Waals surface area (Å²) < 4.78 is 14.4. The van der Waals surface area contributed by atoms with Gasteiger partial charge in [-0.2, -0.15) is 4.99 Å².